The molecule has 2 atom stereocenters. The lowest BCUT2D eigenvalue weighted by Crippen LogP contribution is -2.47. The molecule has 1 saturated carbocycles. The number of ether oxygens (including phenoxy) is 1. The Balaban J connectivity index is 1.74. The first-order chi connectivity index (χ1) is 8.72. The Bertz CT molecular complexity index is 420. The number of nitrogens with zero attached hydrogens (tertiary/aromatic N) is 1. The Hall–Kier alpha value is -0.450. The summed E-state index contributed by atoms with van der Waals surface area (Å²) in [6.45, 7) is 2.58. The van der Waals surface area contributed by atoms with Gasteiger partial charge in [0, 0.05) is 23.6 Å². The van der Waals surface area contributed by atoms with Gasteiger partial charge in [0.15, 0.2) is 0 Å². The van der Waals surface area contributed by atoms with E-state index >= 15 is 0 Å². The molecular formula is C14H17BrFNO. The second-order valence-electron chi connectivity index (χ2n) is 5.16. The van der Waals surface area contributed by atoms with Crippen molar-refractivity contribution in [3.63, 3.8) is 0 Å². The van der Waals surface area contributed by atoms with Crippen molar-refractivity contribution >= 4 is 15.9 Å². The molecule has 1 saturated heterocycles. The van der Waals surface area contributed by atoms with Crippen LogP contribution in [-0.4, -0.2) is 30.2 Å². The van der Waals surface area contributed by atoms with Gasteiger partial charge in [-0.2, -0.15) is 0 Å². The molecule has 2 nitrogen and oxygen atoms in total. The van der Waals surface area contributed by atoms with Gasteiger partial charge in [-0.1, -0.05) is 15.9 Å². The first-order valence-electron chi connectivity index (χ1n) is 6.53. The third-order valence-electron chi connectivity index (χ3n) is 3.91. The van der Waals surface area contributed by atoms with E-state index in [0.717, 1.165) is 29.7 Å². The number of halogens is 2. The van der Waals surface area contributed by atoms with Crippen LogP contribution in [0.15, 0.2) is 22.7 Å². The minimum Gasteiger partial charge on any atom is -0.375 e. The van der Waals surface area contributed by atoms with Crippen LogP contribution in [0.3, 0.4) is 0 Å². The molecule has 2 fully saturated rings. The van der Waals surface area contributed by atoms with Crippen molar-refractivity contribution < 1.29 is 9.13 Å². The summed E-state index contributed by atoms with van der Waals surface area (Å²) < 4.78 is 20.0. The van der Waals surface area contributed by atoms with Crippen LogP contribution >= 0.6 is 15.9 Å². The van der Waals surface area contributed by atoms with Gasteiger partial charge in [0.25, 0.3) is 0 Å². The predicted molar refractivity (Wildman–Crippen MR) is 71.9 cm³/mol. The zero-order chi connectivity index (χ0) is 12.5. The number of hydrogen-bond donors (Lipinski definition) is 0. The normalized spacial score (nSPS) is 28.3. The largest absolute Gasteiger partial charge is 0.375 e. The van der Waals surface area contributed by atoms with E-state index in [1.807, 2.05) is 6.07 Å². The van der Waals surface area contributed by atoms with Gasteiger partial charge in [0.2, 0.25) is 0 Å². The van der Waals surface area contributed by atoms with E-state index in [2.05, 4.69) is 20.8 Å². The summed E-state index contributed by atoms with van der Waals surface area (Å²) in [6, 6.07) is 5.66. The van der Waals surface area contributed by atoms with Crippen molar-refractivity contribution in [1.29, 1.82) is 0 Å². The Labute approximate surface area is 115 Å². The van der Waals surface area contributed by atoms with Crippen molar-refractivity contribution in [3.8, 4) is 0 Å². The first-order valence-corrected chi connectivity index (χ1v) is 7.32. The maximum atomic E-state index is 13.4. The molecule has 0 bridgehead atoms. The quantitative estimate of drug-likeness (QED) is 0.830. The van der Waals surface area contributed by atoms with E-state index in [4.69, 9.17) is 4.74 Å². The number of morpholine rings is 1. The molecule has 2 unspecified atom stereocenters. The van der Waals surface area contributed by atoms with E-state index in [1.54, 1.807) is 6.07 Å². The summed E-state index contributed by atoms with van der Waals surface area (Å²) >= 11 is 3.35. The lowest BCUT2D eigenvalue weighted by Gasteiger charge is -2.37. The highest BCUT2D eigenvalue weighted by atomic mass is 79.9. The average molecular weight is 314 g/mol. The van der Waals surface area contributed by atoms with E-state index in [-0.39, 0.29) is 5.82 Å². The molecule has 1 aliphatic carbocycles. The lowest BCUT2D eigenvalue weighted by molar-refractivity contribution is -0.0588. The summed E-state index contributed by atoms with van der Waals surface area (Å²) in [5.41, 5.74) is 1.04. The van der Waals surface area contributed by atoms with Crippen LogP contribution < -0.4 is 0 Å². The van der Waals surface area contributed by atoms with Crippen LogP contribution in [0.4, 0.5) is 4.39 Å². The van der Waals surface area contributed by atoms with Gasteiger partial charge in [0.05, 0.1) is 12.7 Å². The van der Waals surface area contributed by atoms with Crippen molar-refractivity contribution in [2.45, 2.75) is 38.0 Å². The average Bonchev–Trinajstić information content (AvgIpc) is 2.76. The number of hydrogen-bond acceptors (Lipinski definition) is 2. The molecule has 0 radical (unpaired) electrons. The van der Waals surface area contributed by atoms with Gasteiger partial charge in [-0.05, 0) is 43.0 Å². The van der Waals surface area contributed by atoms with Crippen molar-refractivity contribution in [1.82, 2.24) is 4.90 Å². The summed E-state index contributed by atoms with van der Waals surface area (Å²) in [6.07, 6.45) is 4.03. The van der Waals surface area contributed by atoms with Crippen molar-refractivity contribution in [3.05, 3.63) is 34.1 Å². The minimum absolute atomic E-state index is 0.171. The Kier molecular flexibility index (Phi) is 3.68. The monoisotopic (exact) mass is 313 g/mol. The zero-order valence-electron chi connectivity index (χ0n) is 10.2. The third-order valence-corrected chi connectivity index (χ3v) is 4.36. The molecule has 1 aromatic rings. The van der Waals surface area contributed by atoms with Crippen LogP contribution in [0.1, 0.15) is 24.8 Å². The van der Waals surface area contributed by atoms with Gasteiger partial charge in [-0.15, -0.1) is 0 Å². The molecule has 1 aromatic carbocycles. The number of benzene rings is 1. The van der Waals surface area contributed by atoms with Gasteiger partial charge in [0.1, 0.15) is 5.82 Å². The maximum absolute atomic E-state index is 13.4. The Morgan fingerprint density at radius 2 is 2.22 bits per heavy atom. The topological polar surface area (TPSA) is 12.5 Å². The van der Waals surface area contributed by atoms with Crippen molar-refractivity contribution in [2.24, 2.45) is 0 Å². The minimum atomic E-state index is -0.171. The van der Waals surface area contributed by atoms with E-state index < -0.39 is 0 Å². The highest BCUT2D eigenvalue weighted by Gasteiger charge is 2.35. The van der Waals surface area contributed by atoms with E-state index in [0.29, 0.717) is 12.1 Å². The van der Waals surface area contributed by atoms with Gasteiger partial charge in [-0.25, -0.2) is 4.39 Å². The zero-order valence-corrected chi connectivity index (χ0v) is 11.8. The van der Waals surface area contributed by atoms with Gasteiger partial charge >= 0.3 is 0 Å². The molecule has 0 spiro atoms. The Morgan fingerprint density at radius 1 is 1.33 bits per heavy atom. The van der Waals surface area contributed by atoms with Crippen LogP contribution in [0, 0.1) is 5.82 Å². The molecule has 2 aliphatic rings. The smallest absolute Gasteiger partial charge is 0.124 e. The van der Waals surface area contributed by atoms with Crippen LogP contribution in [-0.2, 0) is 11.3 Å². The van der Waals surface area contributed by atoms with Crippen LogP contribution in [0.2, 0.25) is 0 Å². The molecule has 98 valence electrons. The molecular weight excluding hydrogens is 297 g/mol. The highest BCUT2D eigenvalue weighted by molar-refractivity contribution is 9.10. The Morgan fingerprint density at radius 3 is 3.06 bits per heavy atom. The lowest BCUT2D eigenvalue weighted by atomic mass is 10.1. The fourth-order valence-electron chi connectivity index (χ4n) is 3.14. The van der Waals surface area contributed by atoms with Crippen molar-refractivity contribution in [2.75, 3.05) is 13.2 Å². The third kappa shape index (κ3) is 2.60. The molecule has 1 aliphatic heterocycles. The van der Waals surface area contributed by atoms with Crippen LogP contribution in [0.5, 0.6) is 0 Å². The molecule has 4 heteroatoms. The summed E-state index contributed by atoms with van der Waals surface area (Å²) in [4.78, 5) is 2.45. The van der Waals surface area contributed by atoms with Crippen LogP contribution in [0.25, 0.3) is 0 Å². The number of fused-ring (bicyclic) bond motifs is 1. The molecule has 0 amide bonds. The summed E-state index contributed by atoms with van der Waals surface area (Å²) in [5, 5.41) is 0. The molecule has 1 heterocycles. The predicted octanol–water partition coefficient (Wildman–Crippen LogP) is 3.34. The SMILES string of the molecule is Fc1cc(Br)cc(CN2CCOC3CCCC32)c1. The molecule has 3 rings (SSSR count). The number of rotatable bonds is 2. The molecule has 0 N–H and O–H groups in total. The highest BCUT2D eigenvalue weighted by Crippen LogP contribution is 2.31. The first kappa shape index (κ1) is 12.6. The second-order valence-corrected chi connectivity index (χ2v) is 6.07. The fourth-order valence-corrected chi connectivity index (χ4v) is 3.65. The fraction of sp³-hybridized carbons (Fsp3) is 0.571. The maximum Gasteiger partial charge on any atom is 0.124 e. The standard InChI is InChI=1S/C14H17BrFNO/c15-11-6-10(7-12(16)8-11)9-17-4-5-18-14-3-1-2-13(14)17/h6-8,13-14H,1-5,9H2. The van der Waals surface area contributed by atoms with Gasteiger partial charge in [-0.3, -0.25) is 4.90 Å². The summed E-state index contributed by atoms with van der Waals surface area (Å²) in [5.74, 6) is -0.171. The molecule has 18 heavy (non-hydrogen) atoms. The summed E-state index contributed by atoms with van der Waals surface area (Å²) in [7, 11) is 0. The van der Waals surface area contributed by atoms with E-state index in [9.17, 15) is 4.39 Å². The van der Waals surface area contributed by atoms with Gasteiger partial charge < -0.3 is 4.74 Å². The van der Waals surface area contributed by atoms with E-state index in [1.165, 1.54) is 25.3 Å². The molecule has 0 aromatic heterocycles. The second kappa shape index (κ2) is 5.27.